The zero-order chi connectivity index (χ0) is 20.7. The molecule has 156 valence electrons. The Labute approximate surface area is 176 Å². The Bertz CT molecular complexity index is 923. The second-order valence-corrected chi connectivity index (χ2v) is 8.87. The van der Waals surface area contributed by atoms with Crippen molar-refractivity contribution in [2.75, 3.05) is 19.7 Å². The first-order valence-electron chi connectivity index (χ1n) is 10.8. The minimum Gasteiger partial charge on any atom is -0.394 e. The van der Waals surface area contributed by atoms with Crippen molar-refractivity contribution in [1.29, 1.82) is 0 Å². The molecule has 5 rings (SSSR count). The highest BCUT2D eigenvalue weighted by atomic mass is 16.3. The number of carbonyl (C=O) groups excluding carboxylic acids is 2. The standard InChI is InChI=1S/C24H27N3O3/c28-14-20-22(18-7-2-1-3-8-18)24(27(20)23(30)19-9-4-10-19)15-26(16-24)21(29)12-17-6-5-11-25-13-17/h1-3,5-8,11,13,19-20,22,28H,4,9-10,12,14-16H2/t20-,22+/m1/s1. The Morgan fingerprint density at radius 2 is 1.87 bits per heavy atom. The predicted molar refractivity (Wildman–Crippen MR) is 111 cm³/mol. The normalized spacial score (nSPS) is 24.7. The van der Waals surface area contributed by atoms with E-state index < -0.39 is 5.54 Å². The molecule has 1 saturated carbocycles. The first-order valence-corrected chi connectivity index (χ1v) is 10.8. The van der Waals surface area contributed by atoms with Crippen LogP contribution in [0.3, 0.4) is 0 Å². The van der Waals surface area contributed by atoms with E-state index in [0.29, 0.717) is 19.5 Å². The van der Waals surface area contributed by atoms with E-state index in [1.165, 1.54) is 0 Å². The lowest BCUT2D eigenvalue weighted by molar-refractivity contribution is -0.207. The van der Waals surface area contributed by atoms with Crippen LogP contribution in [0.15, 0.2) is 54.9 Å². The van der Waals surface area contributed by atoms with Gasteiger partial charge < -0.3 is 14.9 Å². The molecule has 0 unspecified atom stereocenters. The molecule has 2 amide bonds. The maximum absolute atomic E-state index is 13.2. The largest absolute Gasteiger partial charge is 0.394 e. The molecule has 1 aromatic heterocycles. The molecular formula is C24H27N3O3. The fraction of sp³-hybridized carbons (Fsp3) is 0.458. The molecule has 6 nitrogen and oxygen atoms in total. The third-order valence-electron chi connectivity index (χ3n) is 7.17. The molecule has 1 aromatic carbocycles. The number of carbonyl (C=O) groups is 2. The first-order chi connectivity index (χ1) is 14.6. The Kier molecular flexibility index (Phi) is 4.82. The van der Waals surface area contributed by atoms with Crippen molar-refractivity contribution in [2.45, 2.75) is 43.2 Å². The lowest BCUT2D eigenvalue weighted by atomic mass is 9.59. The molecule has 2 aliphatic heterocycles. The number of amides is 2. The summed E-state index contributed by atoms with van der Waals surface area (Å²) in [6.45, 7) is 1.00. The Balaban J connectivity index is 1.38. The summed E-state index contributed by atoms with van der Waals surface area (Å²) in [5.74, 6) is 0.346. The summed E-state index contributed by atoms with van der Waals surface area (Å²) >= 11 is 0. The van der Waals surface area contributed by atoms with Crippen LogP contribution in [0, 0.1) is 5.92 Å². The Morgan fingerprint density at radius 3 is 2.47 bits per heavy atom. The lowest BCUT2D eigenvalue weighted by Gasteiger charge is -2.71. The first kappa shape index (κ1) is 19.2. The smallest absolute Gasteiger partial charge is 0.227 e. The molecule has 1 spiro atoms. The van der Waals surface area contributed by atoms with Crippen molar-refractivity contribution in [2.24, 2.45) is 5.92 Å². The van der Waals surface area contributed by atoms with E-state index >= 15 is 0 Å². The molecule has 3 heterocycles. The summed E-state index contributed by atoms with van der Waals surface area (Å²) in [7, 11) is 0. The maximum Gasteiger partial charge on any atom is 0.227 e. The number of hydrogen-bond donors (Lipinski definition) is 1. The number of pyridine rings is 1. The zero-order valence-electron chi connectivity index (χ0n) is 17.0. The van der Waals surface area contributed by atoms with Crippen molar-refractivity contribution in [3.63, 3.8) is 0 Å². The number of aliphatic hydroxyl groups excluding tert-OH is 1. The van der Waals surface area contributed by atoms with E-state index in [4.69, 9.17) is 0 Å². The quantitative estimate of drug-likeness (QED) is 0.826. The fourth-order valence-corrected chi connectivity index (χ4v) is 5.45. The SMILES string of the molecule is O=C(Cc1cccnc1)N1CC2(C1)[C@@H](c1ccccc1)[C@@H](CO)N2C(=O)C1CCC1. The number of likely N-dealkylation sites (tertiary alicyclic amines) is 2. The van der Waals surface area contributed by atoms with Gasteiger partial charge in [0.2, 0.25) is 11.8 Å². The highest BCUT2D eigenvalue weighted by Crippen LogP contribution is 2.55. The monoisotopic (exact) mass is 405 g/mol. The van der Waals surface area contributed by atoms with Gasteiger partial charge in [-0.05, 0) is 30.0 Å². The molecule has 2 atom stereocenters. The predicted octanol–water partition coefficient (Wildman–Crippen LogP) is 1.99. The summed E-state index contributed by atoms with van der Waals surface area (Å²) in [4.78, 5) is 33.9. The topological polar surface area (TPSA) is 73.7 Å². The van der Waals surface area contributed by atoms with Gasteiger partial charge in [-0.3, -0.25) is 14.6 Å². The van der Waals surface area contributed by atoms with E-state index in [-0.39, 0.29) is 36.3 Å². The number of aliphatic hydroxyl groups is 1. The van der Waals surface area contributed by atoms with Gasteiger partial charge in [0.25, 0.3) is 0 Å². The van der Waals surface area contributed by atoms with Crippen LogP contribution in [-0.4, -0.2) is 63.0 Å². The molecule has 1 aliphatic carbocycles. The Hall–Kier alpha value is -2.73. The Morgan fingerprint density at radius 1 is 1.10 bits per heavy atom. The van der Waals surface area contributed by atoms with E-state index in [0.717, 1.165) is 30.4 Å². The fourth-order valence-electron chi connectivity index (χ4n) is 5.45. The average molecular weight is 405 g/mol. The van der Waals surface area contributed by atoms with Crippen LogP contribution in [0.2, 0.25) is 0 Å². The molecule has 1 N–H and O–H groups in total. The van der Waals surface area contributed by atoms with Gasteiger partial charge in [0.1, 0.15) is 0 Å². The maximum atomic E-state index is 13.2. The summed E-state index contributed by atoms with van der Waals surface area (Å²) < 4.78 is 0. The summed E-state index contributed by atoms with van der Waals surface area (Å²) in [6, 6.07) is 13.6. The number of rotatable bonds is 5. The van der Waals surface area contributed by atoms with Crippen LogP contribution < -0.4 is 0 Å². The van der Waals surface area contributed by atoms with Crippen LogP contribution in [0.5, 0.6) is 0 Å². The molecule has 0 bridgehead atoms. The van der Waals surface area contributed by atoms with Crippen molar-refractivity contribution in [1.82, 2.24) is 14.8 Å². The molecule has 2 aromatic rings. The number of benzene rings is 1. The molecule has 0 radical (unpaired) electrons. The van der Waals surface area contributed by atoms with Gasteiger partial charge >= 0.3 is 0 Å². The van der Waals surface area contributed by atoms with Crippen molar-refractivity contribution in [3.05, 3.63) is 66.0 Å². The molecule has 6 heteroatoms. The van der Waals surface area contributed by atoms with Gasteiger partial charge in [-0.1, -0.05) is 42.8 Å². The molecular weight excluding hydrogens is 378 g/mol. The highest BCUT2D eigenvalue weighted by Gasteiger charge is 2.68. The van der Waals surface area contributed by atoms with Gasteiger partial charge in [0.05, 0.1) is 24.6 Å². The van der Waals surface area contributed by atoms with Crippen LogP contribution in [0.4, 0.5) is 0 Å². The van der Waals surface area contributed by atoms with Crippen molar-refractivity contribution in [3.8, 4) is 0 Å². The van der Waals surface area contributed by atoms with Crippen LogP contribution in [-0.2, 0) is 16.0 Å². The van der Waals surface area contributed by atoms with Crippen LogP contribution >= 0.6 is 0 Å². The third-order valence-corrected chi connectivity index (χ3v) is 7.17. The van der Waals surface area contributed by atoms with Gasteiger partial charge in [0, 0.05) is 37.3 Å². The number of hydrogen-bond acceptors (Lipinski definition) is 4. The van der Waals surface area contributed by atoms with E-state index in [1.54, 1.807) is 12.4 Å². The van der Waals surface area contributed by atoms with Gasteiger partial charge in [-0.2, -0.15) is 0 Å². The van der Waals surface area contributed by atoms with Crippen LogP contribution in [0.25, 0.3) is 0 Å². The highest BCUT2D eigenvalue weighted by molar-refractivity contribution is 5.85. The zero-order valence-corrected chi connectivity index (χ0v) is 17.0. The lowest BCUT2D eigenvalue weighted by Crippen LogP contribution is -2.86. The second kappa shape index (κ2) is 7.51. The molecule has 2 saturated heterocycles. The molecule has 3 aliphatic rings. The summed E-state index contributed by atoms with van der Waals surface area (Å²) in [6.07, 6.45) is 6.70. The van der Waals surface area contributed by atoms with E-state index in [9.17, 15) is 14.7 Å². The van der Waals surface area contributed by atoms with Crippen molar-refractivity contribution >= 4 is 11.8 Å². The summed E-state index contributed by atoms with van der Waals surface area (Å²) in [5, 5.41) is 10.1. The van der Waals surface area contributed by atoms with Gasteiger partial charge in [-0.25, -0.2) is 0 Å². The minimum atomic E-state index is -0.397. The van der Waals surface area contributed by atoms with Gasteiger partial charge in [0.15, 0.2) is 0 Å². The average Bonchev–Trinajstić information content (AvgIpc) is 2.66. The third kappa shape index (κ3) is 2.93. The van der Waals surface area contributed by atoms with E-state index in [2.05, 4.69) is 17.1 Å². The minimum absolute atomic E-state index is 0.0511. The molecule has 30 heavy (non-hydrogen) atoms. The van der Waals surface area contributed by atoms with Crippen LogP contribution in [0.1, 0.15) is 36.3 Å². The number of nitrogens with zero attached hydrogens (tertiary/aromatic N) is 3. The summed E-state index contributed by atoms with van der Waals surface area (Å²) in [5.41, 5.74) is 1.63. The second-order valence-electron chi connectivity index (χ2n) is 8.87. The van der Waals surface area contributed by atoms with Gasteiger partial charge in [-0.15, -0.1) is 0 Å². The number of aromatic nitrogens is 1. The molecule has 3 fully saturated rings. The van der Waals surface area contributed by atoms with Crippen molar-refractivity contribution < 1.29 is 14.7 Å². The van der Waals surface area contributed by atoms with E-state index in [1.807, 2.05) is 40.1 Å².